The van der Waals surface area contributed by atoms with Gasteiger partial charge in [-0.05, 0) is 24.6 Å². The maximum Gasteiger partial charge on any atom is 0.328 e. The summed E-state index contributed by atoms with van der Waals surface area (Å²) in [5, 5.41) is 18.3. The number of ether oxygens (including phenoxy) is 1. The second kappa shape index (κ2) is 3.78. The lowest BCUT2D eigenvalue weighted by Crippen LogP contribution is -2.41. The fraction of sp³-hybridized carbons (Fsp3) is 0.300. The van der Waals surface area contributed by atoms with Crippen LogP contribution in [0.2, 0.25) is 0 Å². The topological polar surface area (TPSA) is 92.8 Å². The molecule has 0 spiro atoms. The molecule has 1 aromatic rings. The van der Waals surface area contributed by atoms with Gasteiger partial charge in [-0.3, -0.25) is 0 Å². The van der Waals surface area contributed by atoms with Gasteiger partial charge in [-0.25, -0.2) is 4.79 Å². The summed E-state index contributed by atoms with van der Waals surface area (Å²) < 4.78 is 4.83. The minimum absolute atomic E-state index is 0.132. The van der Waals surface area contributed by atoms with Crippen molar-refractivity contribution in [2.75, 3.05) is 7.11 Å². The van der Waals surface area contributed by atoms with E-state index >= 15 is 0 Å². The van der Waals surface area contributed by atoms with Gasteiger partial charge in [0.05, 0.1) is 7.11 Å². The molecule has 0 aliphatic carbocycles. The van der Waals surface area contributed by atoms with Gasteiger partial charge in [0, 0.05) is 0 Å². The van der Waals surface area contributed by atoms with Gasteiger partial charge in [0.25, 0.3) is 0 Å². The van der Waals surface area contributed by atoms with Crippen molar-refractivity contribution >= 4 is 5.97 Å². The Balaban J connectivity index is 3.18. The molecule has 0 aromatic heterocycles. The highest BCUT2D eigenvalue weighted by Crippen LogP contribution is 2.30. The number of phenols is 1. The molecular weight excluding hydrogens is 198 g/mol. The average molecular weight is 211 g/mol. The molecule has 1 atom stereocenters. The molecule has 0 fully saturated rings. The van der Waals surface area contributed by atoms with Gasteiger partial charge < -0.3 is 20.7 Å². The molecule has 15 heavy (non-hydrogen) atoms. The van der Waals surface area contributed by atoms with E-state index in [0.29, 0.717) is 5.56 Å². The van der Waals surface area contributed by atoms with Crippen molar-refractivity contribution in [2.24, 2.45) is 5.73 Å². The maximum atomic E-state index is 10.8. The van der Waals surface area contributed by atoms with Crippen LogP contribution in [0, 0.1) is 0 Å². The summed E-state index contributed by atoms with van der Waals surface area (Å²) in [7, 11) is 1.41. The standard InChI is InChI=1S/C10H13NO4/c1-10(11,9(13)14)6-3-4-8(15-2)7(12)5-6/h3-5,12H,11H2,1-2H3,(H,13,14)/t10-/m1/s1. The highest BCUT2D eigenvalue weighted by Gasteiger charge is 2.30. The third-order valence-corrected chi connectivity index (χ3v) is 2.22. The number of nitrogens with two attached hydrogens (primary N) is 1. The first-order chi connectivity index (χ1) is 6.89. The molecule has 0 saturated heterocycles. The third-order valence-electron chi connectivity index (χ3n) is 2.22. The van der Waals surface area contributed by atoms with Crippen molar-refractivity contribution in [3.05, 3.63) is 23.8 Å². The Kier molecular flexibility index (Phi) is 2.85. The quantitative estimate of drug-likeness (QED) is 0.683. The van der Waals surface area contributed by atoms with E-state index in [9.17, 15) is 9.90 Å². The third kappa shape index (κ3) is 2.02. The van der Waals surface area contributed by atoms with Crippen molar-refractivity contribution in [2.45, 2.75) is 12.5 Å². The van der Waals surface area contributed by atoms with E-state index in [-0.39, 0.29) is 11.5 Å². The van der Waals surface area contributed by atoms with E-state index in [2.05, 4.69) is 0 Å². The molecule has 0 amide bonds. The first-order valence-corrected chi connectivity index (χ1v) is 4.29. The number of hydrogen-bond acceptors (Lipinski definition) is 4. The normalized spacial score (nSPS) is 14.3. The van der Waals surface area contributed by atoms with Crippen molar-refractivity contribution in [3.8, 4) is 11.5 Å². The number of phenolic OH excluding ortho intramolecular Hbond substituents is 1. The number of methoxy groups -OCH3 is 1. The lowest BCUT2D eigenvalue weighted by molar-refractivity contribution is -0.143. The molecule has 82 valence electrons. The summed E-state index contributed by atoms with van der Waals surface area (Å²) >= 11 is 0. The zero-order valence-corrected chi connectivity index (χ0v) is 8.52. The summed E-state index contributed by atoms with van der Waals surface area (Å²) in [6.45, 7) is 1.36. The fourth-order valence-corrected chi connectivity index (χ4v) is 1.14. The number of hydrogen-bond donors (Lipinski definition) is 3. The Morgan fingerprint density at radius 3 is 2.53 bits per heavy atom. The van der Waals surface area contributed by atoms with Crippen LogP contribution < -0.4 is 10.5 Å². The van der Waals surface area contributed by atoms with Crippen LogP contribution >= 0.6 is 0 Å². The van der Waals surface area contributed by atoms with Crippen molar-refractivity contribution in [3.63, 3.8) is 0 Å². The van der Waals surface area contributed by atoms with Crippen molar-refractivity contribution in [1.82, 2.24) is 0 Å². The van der Waals surface area contributed by atoms with Gasteiger partial charge in [-0.2, -0.15) is 0 Å². The van der Waals surface area contributed by atoms with Crippen molar-refractivity contribution < 1.29 is 19.7 Å². The molecule has 0 aliphatic heterocycles. The molecule has 0 aliphatic rings. The van der Waals surface area contributed by atoms with E-state index in [1.165, 1.54) is 32.2 Å². The van der Waals surface area contributed by atoms with Crippen LogP contribution in [0.5, 0.6) is 11.5 Å². The van der Waals surface area contributed by atoms with Crippen molar-refractivity contribution in [1.29, 1.82) is 0 Å². The van der Waals surface area contributed by atoms with Crippen LogP contribution in [0.25, 0.3) is 0 Å². The summed E-state index contributed by atoms with van der Waals surface area (Å²) in [6, 6.07) is 4.26. The van der Waals surface area contributed by atoms with Crippen LogP contribution in [-0.2, 0) is 10.3 Å². The zero-order valence-electron chi connectivity index (χ0n) is 8.52. The maximum absolute atomic E-state index is 10.8. The lowest BCUT2D eigenvalue weighted by Gasteiger charge is -2.20. The van der Waals surface area contributed by atoms with Gasteiger partial charge in [-0.15, -0.1) is 0 Å². The van der Waals surface area contributed by atoms with Crippen LogP contribution in [0.3, 0.4) is 0 Å². The smallest absolute Gasteiger partial charge is 0.328 e. The number of rotatable bonds is 3. The molecule has 1 aromatic carbocycles. The minimum atomic E-state index is -1.52. The molecule has 1 rings (SSSR count). The highest BCUT2D eigenvalue weighted by atomic mass is 16.5. The number of carbonyl (C=O) groups is 1. The first kappa shape index (κ1) is 11.3. The Hall–Kier alpha value is -1.75. The number of aliphatic carboxylic acids is 1. The van der Waals surface area contributed by atoms with E-state index < -0.39 is 11.5 Å². The number of carboxylic acids is 1. The predicted molar refractivity (Wildman–Crippen MR) is 53.8 cm³/mol. The Morgan fingerprint density at radius 2 is 2.13 bits per heavy atom. The number of benzene rings is 1. The molecule has 0 unspecified atom stereocenters. The molecule has 5 nitrogen and oxygen atoms in total. The van der Waals surface area contributed by atoms with Gasteiger partial charge >= 0.3 is 5.97 Å². The second-order valence-corrected chi connectivity index (χ2v) is 3.39. The van der Waals surface area contributed by atoms with E-state index in [1.807, 2.05) is 0 Å². The average Bonchev–Trinajstić information content (AvgIpc) is 2.17. The van der Waals surface area contributed by atoms with Crippen LogP contribution in [0.4, 0.5) is 0 Å². The Bertz CT molecular complexity index is 387. The zero-order chi connectivity index (χ0) is 11.6. The van der Waals surface area contributed by atoms with Crippen LogP contribution in [0.15, 0.2) is 18.2 Å². The summed E-state index contributed by atoms with van der Waals surface area (Å²) in [6.07, 6.45) is 0. The predicted octanol–water partition coefficient (Wildman–Crippen LogP) is 0.659. The molecule has 0 heterocycles. The van der Waals surface area contributed by atoms with Crippen LogP contribution in [0.1, 0.15) is 12.5 Å². The van der Waals surface area contributed by atoms with Crippen LogP contribution in [-0.4, -0.2) is 23.3 Å². The summed E-state index contributed by atoms with van der Waals surface area (Å²) in [5.74, 6) is -1.01. The lowest BCUT2D eigenvalue weighted by atomic mass is 9.93. The molecule has 0 radical (unpaired) electrons. The number of aromatic hydroxyl groups is 1. The van der Waals surface area contributed by atoms with Gasteiger partial charge in [0.15, 0.2) is 11.5 Å². The van der Waals surface area contributed by atoms with E-state index in [0.717, 1.165) is 0 Å². The summed E-state index contributed by atoms with van der Waals surface area (Å²) in [4.78, 5) is 10.8. The molecule has 0 bridgehead atoms. The van der Waals surface area contributed by atoms with E-state index in [1.54, 1.807) is 0 Å². The molecular formula is C10H13NO4. The van der Waals surface area contributed by atoms with Gasteiger partial charge in [0.2, 0.25) is 0 Å². The molecule has 5 heteroatoms. The monoisotopic (exact) mass is 211 g/mol. The largest absolute Gasteiger partial charge is 0.504 e. The summed E-state index contributed by atoms with van der Waals surface area (Å²) in [5.41, 5.74) is 4.38. The second-order valence-electron chi connectivity index (χ2n) is 3.39. The number of carboxylic acid groups (broad SMARTS) is 1. The minimum Gasteiger partial charge on any atom is -0.504 e. The van der Waals surface area contributed by atoms with Gasteiger partial charge in [-0.1, -0.05) is 6.07 Å². The van der Waals surface area contributed by atoms with E-state index in [4.69, 9.17) is 15.6 Å². The van der Waals surface area contributed by atoms with Gasteiger partial charge in [0.1, 0.15) is 5.54 Å². The highest BCUT2D eigenvalue weighted by molar-refractivity contribution is 5.80. The Morgan fingerprint density at radius 1 is 1.53 bits per heavy atom. The Labute approximate surface area is 87.1 Å². The molecule has 0 saturated carbocycles. The first-order valence-electron chi connectivity index (χ1n) is 4.29. The molecule has 4 N–H and O–H groups in total. The SMILES string of the molecule is COc1ccc([C@@](C)(N)C(=O)O)cc1O. The fourth-order valence-electron chi connectivity index (χ4n) is 1.14.